The number of carboxylic acid groups (broad SMARTS) is 1. The van der Waals surface area contributed by atoms with E-state index in [1.165, 1.54) is 30.3 Å². The minimum atomic E-state index is -4.87. The quantitative estimate of drug-likeness (QED) is 0.310. The molecule has 36 heavy (non-hydrogen) atoms. The van der Waals surface area contributed by atoms with Gasteiger partial charge in [-0.25, -0.2) is 19.2 Å². The minimum Gasteiger partial charge on any atom is -0.478 e. The Labute approximate surface area is 197 Å². The van der Waals surface area contributed by atoms with Crippen LogP contribution < -0.4 is 0 Å². The van der Waals surface area contributed by atoms with Crippen LogP contribution in [0.25, 0.3) is 33.8 Å². The fourth-order valence-corrected chi connectivity index (χ4v) is 3.27. The monoisotopic (exact) mass is 507 g/mol. The molecule has 0 radical (unpaired) electrons. The summed E-state index contributed by atoms with van der Waals surface area (Å²) in [5.74, 6) is -2.49. The van der Waals surface area contributed by atoms with Gasteiger partial charge < -0.3 is 5.11 Å². The van der Waals surface area contributed by atoms with Gasteiger partial charge in [0.15, 0.2) is 5.82 Å². The number of rotatable bonds is 4. The molecule has 4 aromatic rings. The number of hydrogen-bond acceptors (Lipinski definition) is 4. The van der Waals surface area contributed by atoms with E-state index in [9.17, 15) is 35.5 Å². The van der Waals surface area contributed by atoms with Gasteiger partial charge >= 0.3 is 18.3 Å². The molecular weight excluding hydrogens is 495 g/mol. The Kier molecular flexibility index (Phi) is 6.21. The van der Waals surface area contributed by atoms with Crippen LogP contribution in [0.15, 0.2) is 66.9 Å². The Morgan fingerprint density at radius 1 is 0.694 bits per heavy atom. The van der Waals surface area contributed by atoms with E-state index in [0.717, 1.165) is 24.4 Å². The van der Waals surface area contributed by atoms with E-state index in [0.29, 0.717) is 17.7 Å². The largest absolute Gasteiger partial charge is 0.478 e. The maximum atomic E-state index is 13.8. The molecule has 0 saturated carbocycles. The zero-order valence-corrected chi connectivity index (χ0v) is 17.7. The van der Waals surface area contributed by atoms with Gasteiger partial charge in [0.05, 0.1) is 11.3 Å². The zero-order chi connectivity index (χ0) is 26.3. The van der Waals surface area contributed by atoms with Crippen molar-refractivity contribution in [2.24, 2.45) is 0 Å². The summed E-state index contributed by atoms with van der Waals surface area (Å²) in [6.45, 7) is 0. The molecule has 12 heteroatoms. The van der Waals surface area contributed by atoms with Gasteiger partial charge in [0.1, 0.15) is 17.2 Å². The first kappa shape index (κ1) is 24.8. The predicted octanol–water partition coefficient (Wildman–Crippen LogP) is 6.75. The number of halogens is 7. The highest BCUT2D eigenvalue weighted by atomic mass is 19.4. The molecule has 5 nitrogen and oxygen atoms in total. The summed E-state index contributed by atoms with van der Waals surface area (Å²) in [6, 6.07) is 10.9. The average Bonchev–Trinajstić information content (AvgIpc) is 2.82. The molecular formula is C24H12F7N3O2. The summed E-state index contributed by atoms with van der Waals surface area (Å²) in [4.78, 5) is 22.0. The SMILES string of the molecule is O=C(O)c1cc(F)cc(-c2ccc(-c3nc(-c4ccc(C(F)(F)F)nc4)cc(C(F)(F)F)n3)cc2)c1. The van der Waals surface area contributed by atoms with Crippen molar-refractivity contribution in [1.29, 1.82) is 0 Å². The van der Waals surface area contributed by atoms with Crippen molar-refractivity contribution in [1.82, 2.24) is 15.0 Å². The number of alkyl halides is 6. The zero-order valence-electron chi connectivity index (χ0n) is 17.7. The van der Waals surface area contributed by atoms with Crippen LogP contribution in [0.2, 0.25) is 0 Å². The third-order valence-corrected chi connectivity index (χ3v) is 4.99. The van der Waals surface area contributed by atoms with E-state index < -0.39 is 35.5 Å². The van der Waals surface area contributed by atoms with Gasteiger partial charge in [-0.1, -0.05) is 24.3 Å². The molecule has 0 spiro atoms. The molecule has 0 atom stereocenters. The lowest BCUT2D eigenvalue weighted by Crippen LogP contribution is -2.11. The van der Waals surface area contributed by atoms with Gasteiger partial charge in [-0.2, -0.15) is 26.3 Å². The summed E-state index contributed by atoms with van der Waals surface area (Å²) in [6.07, 6.45) is -8.83. The highest BCUT2D eigenvalue weighted by Crippen LogP contribution is 2.34. The van der Waals surface area contributed by atoms with E-state index in [2.05, 4.69) is 15.0 Å². The van der Waals surface area contributed by atoms with Gasteiger partial charge in [-0.05, 0) is 47.5 Å². The molecule has 1 N–H and O–H groups in total. The number of aromatic nitrogens is 3. The van der Waals surface area contributed by atoms with Crippen LogP contribution in [0.3, 0.4) is 0 Å². The Morgan fingerprint density at radius 3 is 1.86 bits per heavy atom. The molecule has 2 heterocycles. The lowest BCUT2D eigenvalue weighted by Gasteiger charge is -2.12. The molecule has 2 aromatic carbocycles. The van der Waals surface area contributed by atoms with Gasteiger partial charge in [0, 0.05) is 17.3 Å². The molecule has 0 bridgehead atoms. The molecule has 0 fully saturated rings. The highest BCUT2D eigenvalue weighted by molar-refractivity contribution is 5.89. The summed E-state index contributed by atoms with van der Waals surface area (Å²) in [7, 11) is 0. The van der Waals surface area contributed by atoms with E-state index in [1.54, 1.807) is 0 Å². The first-order valence-electron chi connectivity index (χ1n) is 9.96. The minimum absolute atomic E-state index is 0.0882. The first-order chi connectivity index (χ1) is 16.8. The van der Waals surface area contributed by atoms with Crippen LogP contribution in [0.5, 0.6) is 0 Å². The predicted molar refractivity (Wildman–Crippen MR) is 113 cm³/mol. The number of hydrogen-bond donors (Lipinski definition) is 1. The van der Waals surface area contributed by atoms with Gasteiger partial charge in [0.25, 0.3) is 0 Å². The van der Waals surface area contributed by atoms with Crippen molar-refractivity contribution in [3.63, 3.8) is 0 Å². The van der Waals surface area contributed by atoms with Crippen molar-refractivity contribution >= 4 is 5.97 Å². The maximum absolute atomic E-state index is 13.8. The fraction of sp³-hybridized carbons (Fsp3) is 0.0833. The van der Waals surface area contributed by atoms with Crippen molar-refractivity contribution in [2.75, 3.05) is 0 Å². The summed E-state index contributed by atoms with van der Waals surface area (Å²) in [5.41, 5.74) is -2.48. The average molecular weight is 507 g/mol. The molecule has 2 aromatic heterocycles. The Hall–Kier alpha value is -4.35. The molecule has 0 saturated heterocycles. The second-order valence-electron chi connectivity index (χ2n) is 7.50. The molecule has 0 unspecified atom stereocenters. The highest BCUT2D eigenvalue weighted by Gasteiger charge is 2.35. The van der Waals surface area contributed by atoms with Crippen molar-refractivity contribution in [3.05, 3.63) is 89.6 Å². The third kappa shape index (κ3) is 5.32. The molecule has 184 valence electrons. The van der Waals surface area contributed by atoms with Gasteiger partial charge in [0.2, 0.25) is 0 Å². The number of benzene rings is 2. The smallest absolute Gasteiger partial charge is 0.433 e. The van der Waals surface area contributed by atoms with Crippen LogP contribution in [0.4, 0.5) is 30.7 Å². The fourth-order valence-electron chi connectivity index (χ4n) is 3.27. The second-order valence-corrected chi connectivity index (χ2v) is 7.50. The topological polar surface area (TPSA) is 76.0 Å². The summed E-state index contributed by atoms with van der Waals surface area (Å²) in [5, 5.41) is 9.10. The van der Waals surface area contributed by atoms with E-state index in [1.807, 2.05) is 0 Å². The van der Waals surface area contributed by atoms with E-state index in [-0.39, 0.29) is 33.8 Å². The number of aromatic carboxylic acids is 1. The lowest BCUT2D eigenvalue weighted by atomic mass is 10.0. The third-order valence-electron chi connectivity index (χ3n) is 4.99. The number of nitrogens with zero attached hydrogens (tertiary/aromatic N) is 3. The first-order valence-corrected chi connectivity index (χ1v) is 9.96. The Balaban J connectivity index is 1.75. The number of pyridine rings is 1. The van der Waals surface area contributed by atoms with Crippen LogP contribution in [0.1, 0.15) is 21.7 Å². The second kappa shape index (κ2) is 9.02. The van der Waals surface area contributed by atoms with Crippen LogP contribution >= 0.6 is 0 Å². The van der Waals surface area contributed by atoms with Crippen molar-refractivity contribution in [3.8, 4) is 33.8 Å². The van der Waals surface area contributed by atoms with Crippen molar-refractivity contribution in [2.45, 2.75) is 12.4 Å². The number of carboxylic acids is 1. The summed E-state index contributed by atoms with van der Waals surface area (Å²) < 4.78 is 92.6. The Morgan fingerprint density at radius 2 is 1.31 bits per heavy atom. The molecule has 0 aliphatic carbocycles. The van der Waals surface area contributed by atoms with Gasteiger partial charge in [-0.3, -0.25) is 4.98 Å². The summed E-state index contributed by atoms with van der Waals surface area (Å²) >= 11 is 0. The normalized spacial score (nSPS) is 12.0. The molecule has 0 aliphatic rings. The van der Waals surface area contributed by atoms with E-state index in [4.69, 9.17) is 5.11 Å². The van der Waals surface area contributed by atoms with Gasteiger partial charge in [-0.15, -0.1) is 0 Å². The van der Waals surface area contributed by atoms with Crippen molar-refractivity contribution < 1.29 is 40.6 Å². The Bertz CT molecular complexity index is 1430. The van der Waals surface area contributed by atoms with E-state index >= 15 is 0 Å². The molecule has 0 amide bonds. The van der Waals surface area contributed by atoms with Crippen LogP contribution in [0, 0.1) is 5.82 Å². The molecule has 0 aliphatic heterocycles. The molecule has 4 rings (SSSR count). The lowest BCUT2D eigenvalue weighted by molar-refractivity contribution is -0.141. The van der Waals surface area contributed by atoms with Crippen LogP contribution in [-0.2, 0) is 12.4 Å². The number of carbonyl (C=O) groups is 1. The standard InChI is InChI=1S/C24H12F7N3O2/c25-17-8-15(7-16(9-17)22(35)36)12-1-3-13(4-2-12)21-33-18(10-20(34-21)24(29,30)31)14-5-6-19(32-11-14)23(26,27)28/h1-11H,(H,35,36). The maximum Gasteiger partial charge on any atom is 0.433 e. The van der Waals surface area contributed by atoms with Crippen LogP contribution in [-0.4, -0.2) is 26.0 Å².